The number of hydrogen-bond donors (Lipinski definition) is 1. The van der Waals surface area contributed by atoms with Gasteiger partial charge >= 0.3 is 0 Å². The molecule has 124 valence electrons. The number of benzene rings is 1. The van der Waals surface area contributed by atoms with Gasteiger partial charge in [-0.3, -0.25) is 4.98 Å². The first-order valence-electron chi connectivity index (χ1n) is 7.23. The van der Waals surface area contributed by atoms with Crippen LogP contribution in [0.4, 0.5) is 8.78 Å². The van der Waals surface area contributed by atoms with Gasteiger partial charge in [0.15, 0.2) is 0 Å². The van der Waals surface area contributed by atoms with Crippen molar-refractivity contribution in [3.63, 3.8) is 0 Å². The van der Waals surface area contributed by atoms with E-state index < -0.39 is 11.6 Å². The Balaban J connectivity index is 2.16. The zero-order chi connectivity index (χ0) is 16.8. The fourth-order valence-electron chi connectivity index (χ4n) is 2.38. The quantitative estimate of drug-likeness (QED) is 0.851. The Bertz CT molecular complexity index is 615. The minimum absolute atomic E-state index is 0.0778. The lowest BCUT2D eigenvalue weighted by Gasteiger charge is -2.21. The van der Waals surface area contributed by atoms with E-state index in [1.807, 2.05) is 0 Å². The summed E-state index contributed by atoms with van der Waals surface area (Å²) in [5.41, 5.74) is 7.01. The molecule has 0 amide bonds. The highest BCUT2D eigenvalue weighted by atomic mass is 19.1. The predicted molar refractivity (Wildman–Crippen MR) is 83.9 cm³/mol. The van der Waals surface area contributed by atoms with Gasteiger partial charge in [0.05, 0.1) is 24.3 Å². The summed E-state index contributed by atoms with van der Waals surface area (Å²) in [6.45, 7) is 0.372. The van der Waals surface area contributed by atoms with Crippen LogP contribution >= 0.6 is 0 Å². The fourth-order valence-corrected chi connectivity index (χ4v) is 2.38. The average Bonchev–Trinajstić information content (AvgIpc) is 2.54. The highest BCUT2D eigenvalue weighted by molar-refractivity contribution is 5.63. The zero-order valence-corrected chi connectivity index (χ0v) is 13.1. The molecule has 0 aliphatic heterocycles. The van der Waals surface area contributed by atoms with Crippen molar-refractivity contribution in [1.29, 1.82) is 0 Å². The van der Waals surface area contributed by atoms with Crippen LogP contribution in [-0.2, 0) is 15.9 Å². The van der Waals surface area contributed by atoms with Gasteiger partial charge in [-0.15, -0.1) is 0 Å². The number of rotatable bonds is 7. The summed E-state index contributed by atoms with van der Waals surface area (Å²) in [5, 5.41) is 0. The van der Waals surface area contributed by atoms with E-state index in [4.69, 9.17) is 15.2 Å². The zero-order valence-electron chi connectivity index (χ0n) is 13.1. The van der Waals surface area contributed by atoms with Gasteiger partial charge in [-0.2, -0.15) is 0 Å². The smallest absolute Gasteiger partial charge is 0.134 e. The summed E-state index contributed by atoms with van der Waals surface area (Å²) >= 11 is 0. The van der Waals surface area contributed by atoms with Gasteiger partial charge in [0.25, 0.3) is 0 Å². The van der Waals surface area contributed by atoms with Crippen LogP contribution < -0.4 is 5.73 Å². The second-order valence-corrected chi connectivity index (χ2v) is 5.23. The molecule has 0 saturated carbocycles. The molecule has 2 unspecified atom stereocenters. The molecule has 6 heteroatoms. The molecule has 0 spiro atoms. The van der Waals surface area contributed by atoms with Crippen LogP contribution in [0, 0.1) is 11.6 Å². The Hall–Kier alpha value is -1.89. The largest absolute Gasteiger partial charge is 0.383 e. The van der Waals surface area contributed by atoms with Gasteiger partial charge < -0.3 is 15.2 Å². The van der Waals surface area contributed by atoms with Crippen molar-refractivity contribution >= 4 is 0 Å². The summed E-state index contributed by atoms with van der Waals surface area (Å²) in [6.07, 6.45) is 1.69. The third-order valence-electron chi connectivity index (χ3n) is 3.63. The number of ether oxygens (including phenoxy) is 2. The Kier molecular flexibility index (Phi) is 6.15. The Morgan fingerprint density at radius 1 is 1.13 bits per heavy atom. The molecule has 0 bridgehead atoms. The molecular formula is C17H20F2N2O2. The number of nitrogens with two attached hydrogens (primary N) is 1. The number of hydrogen-bond acceptors (Lipinski definition) is 4. The minimum atomic E-state index is -0.614. The molecule has 0 aliphatic carbocycles. The number of nitrogens with zero attached hydrogens (tertiary/aromatic N) is 1. The molecule has 2 aromatic rings. The molecule has 4 nitrogen and oxygen atoms in total. The van der Waals surface area contributed by atoms with Crippen LogP contribution in [0.2, 0.25) is 0 Å². The van der Waals surface area contributed by atoms with Crippen molar-refractivity contribution in [2.75, 3.05) is 20.8 Å². The first-order valence-corrected chi connectivity index (χ1v) is 7.23. The van der Waals surface area contributed by atoms with Gasteiger partial charge in [-0.25, -0.2) is 8.78 Å². The van der Waals surface area contributed by atoms with E-state index in [0.717, 1.165) is 5.69 Å². The third-order valence-corrected chi connectivity index (χ3v) is 3.63. The van der Waals surface area contributed by atoms with Crippen LogP contribution in [0.1, 0.15) is 5.69 Å². The van der Waals surface area contributed by atoms with Crippen LogP contribution in [-0.4, -0.2) is 38.0 Å². The van der Waals surface area contributed by atoms with E-state index in [1.54, 1.807) is 26.4 Å². The molecule has 2 atom stereocenters. The maximum absolute atomic E-state index is 13.8. The molecule has 0 fully saturated rings. The summed E-state index contributed by atoms with van der Waals surface area (Å²) in [5.74, 6) is -1.23. The summed E-state index contributed by atoms with van der Waals surface area (Å²) in [4.78, 5) is 4.26. The van der Waals surface area contributed by atoms with Crippen LogP contribution in [0.15, 0.2) is 36.5 Å². The molecule has 0 saturated heterocycles. The van der Waals surface area contributed by atoms with E-state index in [9.17, 15) is 8.78 Å². The molecule has 0 radical (unpaired) electrons. The molecule has 0 aliphatic rings. The molecule has 1 aromatic heterocycles. The third kappa shape index (κ3) is 4.31. The van der Waals surface area contributed by atoms with E-state index in [2.05, 4.69) is 4.98 Å². The molecule has 2 rings (SSSR count). The standard InChI is InChI=1S/C17H20F2N2O2/c1-22-10-15(20)16(23-2)8-12-7-6-11(9-21-12)17-13(18)4-3-5-14(17)19/h3-7,9,15-16H,8,10,20H2,1-2H3. The van der Waals surface area contributed by atoms with Crippen molar-refractivity contribution in [2.24, 2.45) is 5.73 Å². The number of methoxy groups -OCH3 is 2. The van der Waals surface area contributed by atoms with Gasteiger partial charge in [-0.1, -0.05) is 12.1 Å². The van der Waals surface area contributed by atoms with Crippen molar-refractivity contribution in [3.05, 3.63) is 53.9 Å². The lowest BCUT2D eigenvalue weighted by Crippen LogP contribution is -2.41. The highest BCUT2D eigenvalue weighted by Gasteiger charge is 2.19. The monoisotopic (exact) mass is 322 g/mol. The van der Waals surface area contributed by atoms with E-state index in [1.165, 1.54) is 24.4 Å². The van der Waals surface area contributed by atoms with E-state index >= 15 is 0 Å². The minimum Gasteiger partial charge on any atom is -0.383 e. The number of halogens is 2. The first kappa shape index (κ1) is 17.5. The van der Waals surface area contributed by atoms with E-state index in [0.29, 0.717) is 18.6 Å². The topological polar surface area (TPSA) is 57.4 Å². The Morgan fingerprint density at radius 2 is 1.83 bits per heavy atom. The number of pyridine rings is 1. The van der Waals surface area contributed by atoms with Crippen molar-refractivity contribution < 1.29 is 18.3 Å². The lowest BCUT2D eigenvalue weighted by atomic mass is 10.0. The maximum Gasteiger partial charge on any atom is 0.134 e. The summed E-state index contributed by atoms with van der Waals surface area (Å²) in [7, 11) is 3.14. The molecule has 1 aromatic carbocycles. The molecule has 2 N–H and O–H groups in total. The first-order chi connectivity index (χ1) is 11.1. The predicted octanol–water partition coefficient (Wildman–Crippen LogP) is 2.56. The number of aromatic nitrogens is 1. The van der Waals surface area contributed by atoms with Gasteiger partial charge in [-0.05, 0) is 18.2 Å². The summed E-state index contributed by atoms with van der Waals surface area (Å²) < 4.78 is 37.9. The van der Waals surface area contributed by atoms with Crippen LogP contribution in [0.25, 0.3) is 11.1 Å². The average molecular weight is 322 g/mol. The van der Waals surface area contributed by atoms with Crippen molar-refractivity contribution in [2.45, 2.75) is 18.6 Å². The van der Waals surface area contributed by atoms with E-state index in [-0.39, 0.29) is 17.7 Å². The van der Waals surface area contributed by atoms with Crippen molar-refractivity contribution in [3.8, 4) is 11.1 Å². The SMILES string of the molecule is COCC(N)C(Cc1ccc(-c2c(F)cccc2F)cn1)OC. The van der Waals surface area contributed by atoms with Crippen LogP contribution in [0.3, 0.4) is 0 Å². The fraction of sp³-hybridized carbons (Fsp3) is 0.353. The maximum atomic E-state index is 13.8. The summed E-state index contributed by atoms with van der Waals surface area (Å²) in [6, 6.07) is 6.84. The second kappa shape index (κ2) is 8.10. The molecule has 23 heavy (non-hydrogen) atoms. The lowest BCUT2D eigenvalue weighted by molar-refractivity contribution is 0.0478. The Morgan fingerprint density at radius 3 is 2.35 bits per heavy atom. The van der Waals surface area contributed by atoms with Gasteiger partial charge in [0.2, 0.25) is 0 Å². The van der Waals surface area contributed by atoms with Crippen molar-refractivity contribution in [1.82, 2.24) is 4.98 Å². The second-order valence-electron chi connectivity index (χ2n) is 5.23. The normalized spacial score (nSPS) is 13.8. The Labute approximate surface area is 134 Å². The van der Waals surface area contributed by atoms with Gasteiger partial charge in [0, 0.05) is 38.1 Å². The molecular weight excluding hydrogens is 302 g/mol. The van der Waals surface area contributed by atoms with Crippen LogP contribution in [0.5, 0.6) is 0 Å². The van der Waals surface area contributed by atoms with Gasteiger partial charge in [0.1, 0.15) is 11.6 Å². The molecule has 1 heterocycles. The highest BCUT2D eigenvalue weighted by Crippen LogP contribution is 2.25.